The van der Waals surface area contributed by atoms with Crippen molar-refractivity contribution in [2.45, 2.75) is 52.1 Å². The molecule has 0 saturated carbocycles. The van der Waals surface area contributed by atoms with Crippen molar-refractivity contribution in [2.24, 2.45) is 5.73 Å². The van der Waals surface area contributed by atoms with Gasteiger partial charge in [0.15, 0.2) is 6.29 Å². The molecule has 0 aliphatic rings. The van der Waals surface area contributed by atoms with E-state index in [0.717, 1.165) is 0 Å². The minimum atomic E-state index is -0.576. The van der Waals surface area contributed by atoms with Crippen LogP contribution in [0.5, 0.6) is 0 Å². The first-order valence-electron chi connectivity index (χ1n) is 5.19. The summed E-state index contributed by atoms with van der Waals surface area (Å²) in [6.45, 7) is 5.40. The number of amides is 1. The maximum atomic E-state index is 10.5. The third-order valence-electron chi connectivity index (χ3n) is 1.77. The number of primary amides is 1. The molecular weight excluding hydrogens is 198 g/mol. The van der Waals surface area contributed by atoms with E-state index in [2.05, 4.69) is 0 Å². The van der Waals surface area contributed by atoms with Crippen molar-refractivity contribution >= 4 is 5.91 Å². The van der Waals surface area contributed by atoms with Crippen LogP contribution in [0.4, 0.5) is 0 Å². The molecule has 0 aliphatic heterocycles. The number of hydrogen-bond donors (Lipinski definition) is 2. The van der Waals surface area contributed by atoms with Crippen LogP contribution >= 0.6 is 0 Å². The molecule has 0 heterocycles. The number of aliphatic hydroxyl groups excluding tert-OH is 1. The zero-order valence-electron chi connectivity index (χ0n) is 9.60. The van der Waals surface area contributed by atoms with Gasteiger partial charge in [-0.2, -0.15) is 0 Å². The van der Waals surface area contributed by atoms with Gasteiger partial charge in [0.25, 0.3) is 0 Å². The summed E-state index contributed by atoms with van der Waals surface area (Å²) in [5.41, 5.74) is 4.95. The molecule has 15 heavy (non-hydrogen) atoms. The summed E-state index contributed by atoms with van der Waals surface area (Å²) in [5.74, 6) is -0.543. The first-order valence-corrected chi connectivity index (χ1v) is 5.19. The summed E-state index contributed by atoms with van der Waals surface area (Å²) in [6.07, 6.45) is -0.110. The van der Waals surface area contributed by atoms with Gasteiger partial charge < -0.3 is 20.3 Å². The highest BCUT2D eigenvalue weighted by molar-refractivity contribution is 5.74. The van der Waals surface area contributed by atoms with Gasteiger partial charge in [0, 0.05) is 6.42 Å². The lowest BCUT2D eigenvalue weighted by Gasteiger charge is -2.22. The van der Waals surface area contributed by atoms with Crippen molar-refractivity contribution in [3.63, 3.8) is 0 Å². The van der Waals surface area contributed by atoms with Crippen molar-refractivity contribution in [1.82, 2.24) is 0 Å². The monoisotopic (exact) mass is 219 g/mol. The lowest BCUT2D eigenvalue weighted by atomic mass is 10.2. The van der Waals surface area contributed by atoms with Crippen molar-refractivity contribution in [1.29, 1.82) is 0 Å². The van der Waals surface area contributed by atoms with Gasteiger partial charge >= 0.3 is 0 Å². The lowest BCUT2D eigenvalue weighted by molar-refractivity contribution is -0.180. The second-order valence-electron chi connectivity index (χ2n) is 3.69. The molecule has 5 nitrogen and oxygen atoms in total. The number of aliphatic hydroxyl groups is 1. The quantitative estimate of drug-likeness (QED) is 0.579. The number of carbonyl (C=O) groups is 1. The van der Waals surface area contributed by atoms with Crippen LogP contribution in [0.15, 0.2) is 0 Å². The van der Waals surface area contributed by atoms with Gasteiger partial charge in [-0.25, -0.2) is 0 Å². The summed E-state index contributed by atoms with van der Waals surface area (Å²) in [7, 11) is 0. The molecule has 2 unspecified atom stereocenters. The first-order chi connectivity index (χ1) is 6.95. The van der Waals surface area contributed by atoms with E-state index in [-0.39, 0.29) is 12.7 Å². The van der Waals surface area contributed by atoms with Crippen LogP contribution in [0.25, 0.3) is 0 Å². The Morgan fingerprint density at radius 3 is 2.47 bits per heavy atom. The van der Waals surface area contributed by atoms with E-state index < -0.39 is 18.3 Å². The van der Waals surface area contributed by atoms with Gasteiger partial charge in [-0.3, -0.25) is 4.79 Å². The molecular formula is C10H21NO4. The molecule has 0 aliphatic carbocycles. The second kappa shape index (κ2) is 7.62. The highest BCUT2D eigenvalue weighted by Crippen LogP contribution is 2.09. The molecule has 0 bridgehead atoms. The summed E-state index contributed by atoms with van der Waals surface area (Å²) in [5, 5.41) is 9.43. The van der Waals surface area contributed by atoms with Crippen molar-refractivity contribution in [3.8, 4) is 0 Å². The summed E-state index contributed by atoms with van der Waals surface area (Å²) < 4.78 is 10.5. The number of carbonyl (C=O) groups excluding carboxylic acids is 1. The highest BCUT2D eigenvalue weighted by atomic mass is 16.7. The molecule has 0 aromatic carbocycles. The smallest absolute Gasteiger partial charge is 0.243 e. The van der Waals surface area contributed by atoms with E-state index >= 15 is 0 Å². The van der Waals surface area contributed by atoms with Gasteiger partial charge in [0.1, 0.15) is 6.61 Å². The molecule has 0 saturated heterocycles. The van der Waals surface area contributed by atoms with Crippen LogP contribution in [-0.2, 0) is 14.3 Å². The van der Waals surface area contributed by atoms with Crippen molar-refractivity contribution in [3.05, 3.63) is 0 Å². The number of ether oxygens (including phenoxy) is 2. The Balaban J connectivity index is 3.99. The fraction of sp³-hybridized carbons (Fsp3) is 0.900. The molecule has 3 N–H and O–H groups in total. The zero-order chi connectivity index (χ0) is 11.8. The second-order valence-corrected chi connectivity index (χ2v) is 3.69. The molecule has 2 atom stereocenters. The van der Waals surface area contributed by atoms with Crippen LogP contribution in [0.3, 0.4) is 0 Å². The van der Waals surface area contributed by atoms with E-state index in [1.807, 2.05) is 20.8 Å². The Morgan fingerprint density at radius 1 is 1.47 bits per heavy atom. The first kappa shape index (κ1) is 14.3. The summed E-state index contributed by atoms with van der Waals surface area (Å²) in [4.78, 5) is 10.5. The molecule has 5 heteroatoms. The molecule has 1 amide bonds. The third kappa shape index (κ3) is 8.35. The minimum absolute atomic E-state index is 0.0214. The molecule has 0 radical (unpaired) electrons. The van der Waals surface area contributed by atoms with Gasteiger partial charge in [0.05, 0.1) is 12.2 Å². The lowest BCUT2D eigenvalue weighted by Crippen LogP contribution is -2.30. The molecule has 90 valence electrons. The molecule has 0 fully saturated rings. The molecule has 0 spiro atoms. The average Bonchev–Trinajstić information content (AvgIpc) is 2.13. The SMILES string of the molecule is CCC(O)CC(OCC(N)=O)OC(C)C. The minimum Gasteiger partial charge on any atom is -0.393 e. The van der Waals surface area contributed by atoms with E-state index in [0.29, 0.717) is 12.8 Å². The predicted octanol–water partition coefficient (Wildman–Crippen LogP) is 0.400. The van der Waals surface area contributed by atoms with Gasteiger partial charge in [-0.1, -0.05) is 6.92 Å². The highest BCUT2D eigenvalue weighted by Gasteiger charge is 2.16. The van der Waals surface area contributed by atoms with E-state index in [9.17, 15) is 9.90 Å². The Bertz CT molecular complexity index is 184. The predicted molar refractivity (Wildman–Crippen MR) is 56.1 cm³/mol. The normalized spacial score (nSPS) is 15.3. The number of rotatable bonds is 8. The van der Waals surface area contributed by atoms with E-state index in [1.54, 1.807) is 0 Å². The van der Waals surface area contributed by atoms with Crippen LogP contribution in [-0.4, -0.2) is 36.1 Å². The Morgan fingerprint density at radius 2 is 2.07 bits per heavy atom. The number of hydrogen-bond acceptors (Lipinski definition) is 4. The van der Waals surface area contributed by atoms with Crippen LogP contribution < -0.4 is 5.73 Å². The van der Waals surface area contributed by atoms with E-state index in [4.69, 9.17) is 15.2 Å². The summed E-state index contributed by atoms with van der Waals surface area (Å²) >= 11 is 0. The fourth-order valence-electron chi connectivity index (χ4n) is 1.03. The van der Waals surface area contributed by atoms with Crippen molar-refractivity contribution in [2.75, 3.05) is 6.61 Å². The Labute approximate surface area is 90.5 Å². The van der Waals surface area contributed by atoms with Crippen LogP contribution in [0, 0.1) is 0 Å². The molecule has 0 aromatic rings. The Hall–Kier alpha value is -0.650. The Kier molecular flexibility index (Phi) is 7.29. The van der Waals surface area contributed by atoms with Gasteiger partial charge in [-0.05, 0) is 20.3 Å². The van der Waals surface area contributed by atoms with Crippen LogP contribution in [0.2, 0.25) is 0 Å². The third-order valence-corrected chi connectivity index (χ3v) is 1.77. The number of nitrogens with two attached hydrogens (primary N) is 1. The average molecular weight is 219 g/mol. The zero-order valence-corrected chi connectivity index (χ0v) is 9.60. The molecule has 0 rings (SSSR count). The topological polar surface area (TPSA) is 81.8 Å². The van der Waals surface area contributed by atoms with Gasteiger partial charge in [0.2, 0.25) is 5.91 Å². The summed E-state index contributed by atoms with van der Waals surface area (Å²) in [6, 6.07) is 0. The maximum Gasteiger partial charge on any atom is 0.243 e. The van der Waals surface area contributed by atoms with E-state index in [1.165, 1.54) is 0 Å². The van der Waals surface area contributed by atoms with Crippen molar-refractivity contribution < 1.29 is 19.4 Å². The largest absolute Gasteiger partial charge is 0.393 e. The standard InChI is InChI=1S/C10H21NO4/c1-4-8(12)5-10(15-7(2)3)14-6-9(11)13/h7-8,10,12H,4-6H2,1-3H3,(H2,11,13). The molecule has 0 aromatic heterocycles. The van der Waals surface area contributed by atoms with Gasteiger partial charge in [-0.15, -0.1) is 0 Å². The van der Waals surface area contributed by atoms with Crippen LogP contribution in [0.1, 0.15) is 33.6 Å². The fourth-order valence-corrected chi connectivity index (χ4v) is 1.03. The maximum absolute atomic E-state index is 10.5.